The van der Waals surface area contributed by atoms with Crippen molar-refractivity contribution in [1.82, 2.24) is 4.90 Å². The van der Waals surface area contributed by atoms with E-state index in [2.05, 4.69) is 4.90 Å². The maximum Gasteiger partial charge on any atom is 0.416 e. The molecule has 1 N–H and O–H groups in total. The summed E-state index contributed by atoms with van der Waals surface area (Å²) in [6.07, 6.45) is -4.08. The van der Waals surface area contributed by atoms with E-state index < -0.39 is 18.0 Å². The number of aliphatic hydroxyl groups excluding tert-OH is 1. The first kappa shape index (κ1) is 22.9. The Labute approximate surface area is 189 Å². The van der Waals surface area contributed by atoms with Crippen LogP contribution in [-0.2, 0) is 15.7 Å². The van der Waals surface area contributed by atoms with Gasteiger partial charge in [-0.25, -0.2) is 0 Å². The Hall–Kier alpha value is -2.23. The summed E-state index contributed by atoms with van der Waals surface area (Å²) < 4.78 is 45.4. The fraction of sp³-hybridized carbons (Fsp3) is 0.435. The number of aliphatic hydroxyl groups is 1. The summed E-state index contributed by atoms with van der Waals surface area (Å²) in [5.74, 6) is -0.426. The number of likely N-dealkylation sites (tertiary alicyclic amines) is 1. The molecule has 0 radical (unpaired) electrons. The number of esters is 1. The number of anilines is 2. The Morgan fingerprint density at radius 2 is 1.84 bits per heavy atom. The van der Waals surface area contributed by atoms with E-state index in [0.29, 0.717) is 10.6 Å². The number of para-hydroxylation sites is 1. The van der Waals surface area contributed by atoms with Gasteiger partial charge in [0.15, 0.2) is 0 Å². The third kappa shape index (κ3) is 4.89. The highest BCUT2D eigenvalue weighted by Gasteiger charge is 2.35. The fourth-order valence-electron chi connectivity index (χ4n) is 4.04. The average molecular weight is 467 g/mol. The second-order valence-electron chi connectivity index (χ2n) is 8.13. The van der Waals surface area contributed by atoms with Crippen LogP contribution in [0.15, 0.2) is 52.3 Å². The van der Waals surface area contributed by atoms with Gasteiger partial charge in [-0.15, -0.1) is 0 Å². The van der Waals surface area contributed by atoms with Gasteiger partial charge in [0.25, 0.3) is 0 Å². The molecule has 5 nitrogen and oxygen atoms in total. The molecule has 1 fully saturated rings. The monoisotopic (exact) mass is 466 g/mol. The molecule has 0 bridgehead atoms. The van der Waals surface area contributed by atoms with Crippen LogP contribution < -0.4 is 4.90 Å². The third-order valence-electron chi connectivity index (χ3n) is 5.86. The van der Waals surface area contributed by atoms with Crippen LogP contribution in [0.2, 0.25) is 0 Å². The van der Waals surface area contributed by atoms with Crippen molar-refractivity contribution in [2.45, 2.75) is 41.5 Å². The predicted molar refractivity (Wildman–Crippen MR) is 116 cm³/mol. The molecular formula is C23H25F3N2O3S. The number of piperidine rings is 1. The lowest BCUT2D eigenvalue weighted by atomic mass is 9.97. The van der Waals surface area contributed by atoms with E-state index in [-0.39, 0.29) is 30.6 Å². The molecule has 0 aromatic heterocycles. The van der Waals surface area contributed by atoms with Crippen LogP contribution in [0, 0.1) is 5.92 Å². The van der Waals surface area contributed by atoms with Gasteiger partial charge in [-0.05, 0) is 63.3 Å². The number of benzene rings is 2. The van der Waals surface area contributed by atoms with Gasteiger partial charge in [-0.1, -0.05) is 23.9 Å². The van der Waals surface area contributed by atoms with E-state index in [9.17, 15) is 23.1 Å². The standard InChI is InChI=1S/C23H25F3N2O3S/c1-27-11-8-15(9-12-27)22(30)31-13-10-21(29)28-17-4-2-3-5-19(17)32-20-7-6-16(14-18(20)28)23(24,25)26/h2-7,14-15,21,29H,8-13H2,1H3. The number of carbonyl (C=O) groups is 1. The normalized spacial score (nSPS) is 18.1. The summed E-state index contributed by atoms with van der Waals surface area (Å²) >= 11 is 1.36. The quantitative estimate of drug-likeness (QED) is 0.633. The number of halogens is 3. The molecule has 0 amide bonds. The van der Waals surface area contributed by atoms with Gasteiger partial charge in [0.2, 0.25) is 0 Å². The molecule has 32 heavy (non-hydrogen) atoms. The van der Waals surface area contributed by atoms with E-state index in [0.717, 1.165) is 43.0 Å². The van der Waals surface area contributed by atoms with Crippen LogP contribution in [0.25, 0.3) is 0 Å². The lowest BCUT2D eigenvalue weighted by Crippen LogP contribution is -2.36. The number of ether oxygens (including phenoxy) is 1. The summed E-state index contributed by atoms with van der Waals surface area (Å²) in [5, 5.41) is 11.0. The Balaban J connectivity index is 1.50. The van der Waals surface area contributed by atoms with Crippen molar-refractivity contribution in [3.05, 3.63) is 48.0 Å². The summed E-state index contributed by atoms with van der Waals surface area (Å²) in [4.78, 5) is 17.5. The molecule has 2 heterocycles. The topological polar surface area (TPSA) is 53.0 Å². The zero-order chi connectivity index (χ0) is 22.9. The highest BCUT2D eigenvalue weighted by molar-refractivity contribution is 7.99. The Morgan fingerprint density at radius 3 is 2.56 bits per heavy atom. The highest BCUT2D eigenvalue weighted by Crippen LogP contribution is 2.50. The predicted octanol–water partition coefficient (Wildman–Crippen LogP) is 4.90. The van der Waals surface area contributed by atoms with Crippen molar-refractivity contribution >= 4 is 29.1 Å². The zero-order valence-corrected chi connectivity index (χ0v) is 18.5. The lowest BCUT2D eigenvalue weighted by molar-refractivity contribution is -0.150. The number of nitrogens with zero attached hydrogens (tertiary/aromatic N) is 2. The van der Waals surface area contributed by atoms with Crippen molar-refractivity contribution in [3.8, 4) is 0 Å². The minimum atomic E-state index is -4.49. The molecule has 172 valence electrons. The van der Waals surface area contributed by atoms with Gasteiger partial charge < -0.3 is 19.6 Å². The van der Waals surface area contributed by atoms with Crippen LogP contribution in [0.5, 0.6) is 0 Å². The van der Waals surface area contributed by atoms with E-state index in [4.69, 9.17) is 4.74 Å². The zero-order valence-electron chi connectivity index (χ0n) is 17.6. The summed E-state index contributed by atoms with van der Waals surface area (Å²) in [7, 11) is 2.01. The third-order valence-corrected chi connectivity index (χ3v) is 6.99. The second kappa shape index (κ2) is 9.33. The average Bonchev–Trinajstić information content (AvgIpc) is 2.76. The van der Waals surface area contributed by atoms with Crippen molar-refractivity contribution < 1.29 is 27.8 Å². The van der Waals surface area contributed by atoms with Gasteiger partial charge in [-0.3, -0.25) is 4.79 Å². The largest absolute Gasteiger partial charge is 0.465 e. The van der Waals surface area contributed by atoms with Crippen LogP contribution in [-0.4, -0.2) is 48.9 Å². The van der Waals surface area contributed by atoms with Crippen LogP contribution in [0.3, 0.4) is 0 Å². The number of hydrogen-bond donors (Lipinski definition) is 1. The Morgan fingerprint density at radius 1 is 1.16 bits per heavy atom. The van der Waals surface area contributed by atoms with Crippen LogP contribution in [0.1, 0.15) is 24.8 Å². The first-order valence-corrected chi connectivity index (χ1v) is 11.4. The smallest absolute Gasteiger partial charge is 0.416 e. The molecule has 4 rings (SSSR count). The van der Waals surface area contributed by atoms with E-state index >= 15 is 0 Å². The number of hydrogen-bond acceptors (Lipinski definition) is 6. The molecule has 0 spiro atoms. The van der Waals surface area contributed by atoms with Gasteiger partial charge in [-0.2, -0.15) is 13.2 Å². The molecule has 9 heteroatoms. The van der Waals surface area contributed by atoms with E-state index in [1.807, 2.05) is 19.2 Å². The second-order valence-corrected chi connectivity index (χ2v) is 9.22. The van der Waals surface area contributed by atoms with Crippen molar-refractivity contribution in [1.29, 1.82) is 0 Å². The van der Waals surface area contributed by atoms with Crippen LogP contribution in [0.4, 0.5) is 24.5 Å². The summed E-state index contributed by atoms with van der Waals surface area (Å²) in [5.41, 5.74) is 0.137. The fourth-order valence-corrected chi connectivity index (χ4v) is 5.09. The number of alkyl halides is 3. The van der Waals surface area contributed by atoms with Gasteiger partial charge >= 0.3 is 12.1 Å². The van der Waals surface area contributed by atoms with Crippen molar-refractivity contribution in [2.75, 3.05) is 31.6 Å². The minimum Gasteiger partial charge on any atom is -0.465 e. The SMILES string of the molecule is CN1CCC(C(=O)OCCC(O)N2c3ccccc3Sc3ccc(C(F)(F)F)cc32)CC1. The summed E-state index contributed by atoms with van der Waals surface area (Å²) in [6.45, 7) is 1.67. The van der Waals surface area contributed by atoms with Crippen molar-refractivity contribution in [3.63, 3.8) is 0 Å². The van der Waals surface area contributed by atoms with E-state index in [1.54, 1.807) is 12.1 Å². The first-order valence-electron chi connectivity index (χ1n) is 10.5. The molecule has 1 atom stereocenters. The highest BCUT2D eigenvalue weighted by atomic mass is 32.2. The summed E-state index contributed by atoms with van der Waals surface area (Å²) in [6, 6.07) is 10.8. The molecule has 1 saturated heterocycles. The Bertz CT molecular complexity index is 977. The molecule has 0 aliphatic carbocycles. The number of rotatable bonds is 5. The minimum absolute atomic E-state index is 0.00750. The van der Waals surface area contributed by atoms with Crippen molar-refractivity contribution in [2.24, 2.45) is 5.92 Å². The molecule has 2 aromatic rings. The molecule has 0 saturated carbocycles. The Kier molecular flexibility index (Phi) is 6.69. The van der Waals surface area contributed by atoms with E-state index in [1.165, 1.54) is 22.7 Å². The molecular weight excluding hydrogens is 441 g/mol. The molecule has 2 aliphatic rings. The van der Waals surface area contributed by atoms with Crippen LogP contribution >= 0.6 is 11.8 Å². The first-order chi connectivity index (χ1) is 15.2. The maximum absolute atomic E-state index is 13.3. The van der Waals surface area contributed by atoms with Gasteiger partial charge in [0.1, 0.15) is 6.23 Å². The molecule has 1 unspecified atom stereocenters. The molecule has 2 aromatic carbocycles. The number of fused-ring (bicyclic) bond motifs is 2. The lowest BCUT2D eigenvalue weighted by Gasteiger charge is -2.36. The maximum atomic E-state index is 13.3. The number of carbonyl (C=O) groups excluding carboxylic acids is 1. The van der Waals surface area contributed by atoms with Gasteiger partial charge in [0, 0.05) is 16.2 Å². The van der Waals surface area contributed by atoms with Gasteiger partial charge in [0.05, 0.1) is 29.5 Å². The molecule has 2 aliphatic heterocycles.